The summed E-state index contributed by atoms with van der Waals surface area (Å²) in [6, 6.07) is 10.7. The number of nitrogens with one attached hydrogen (secondary N) is 1. The lowest BCUT2D eigenvalue weighted by atomic mass is 9.91. The van der Waals surface area contributed by atoms with Gasteiger partial charge in [-0.25, -0.2) is 0 Å². The molecule has 1 aliphatic rings. The van der Waals surface area contributed by atoms with Gasteiger partial charge in [0, 0.05) is 25.0 Å². The van der Waals surface area contributed by atoms with Crippen LogP contribution in [0.1, 0.15) is 36.3 Å². The Morgan fingerprint density at radius 3 is 2.71 bits per heavy atom. The summed E-state index contributed by atoms with van der Waals surface area (Å²) in [4.78, 5) is 4.12. The molecule has 3 rings (SSSR count). The zero-order valence-corrected chi connectivity index (χ0v) is 14.7. The molecule has 2 atom stereocenters. The predicted octanol–water partition coefficient (Wildman–Crippen LogP) is 4.73. The molecule has 1 heterocycles. The first-order chi connectivity index (χ1) is 11.8. The minimum Gasteiger partial charge on any atom is -0.495 e. The van der Waals surface area contributed by atoms with Gasteiger partial charge in [0.05, 0.1) is 12.1 Å². The minimum atomic E-state index is 0.461. The molecule has 0 radical (unpaired) electrons. The van der Waals surface area contributed by atoms with E-state index in [4.69, 9.17) is 16.3 Å². The zero-order chi connectivity index (χ0) is 16.8. The fourth-order valence-corrected chi connectivity index (χ4v) is 3.49. The number of methoxy groups -OCH3 is 1. The van der Waals surface area contributed by atoms with Gasteiger partial charge in [-0.2, -0.15) is 0 Å². The number of benzene rings is 1. The summed E-state index contributed by atoms with van der Waals surface area (Å²) in [5, 5.41) is 4.34. The third-order valence-corrected chi connectivity index (χ3v) is 4.86. The lowest BCUT2D eigenvalue weighted by Gasteiger charge is -2.22. The van der Waals surface area contributed by atoms with Crippen molar-refractivity contribution in [2.45, 2.75) is 37.8 Å². The molecule has 1 aliphatic carbocycles. The van der Waals surface area contributed by atoms with E-state index in [1.807, 2.05) is 24.5 Å². The highest BCUT2D eigenvalue weighted by Gasteiger charge is 2.19. The second-order valence-corrected chi connectivity index (χ2v) is 6.61. The highest BCUT2D eigenvalue weighted by molar-refractivity contribution is 6.32. The molecule has 1 N–H and O–H groups in total. The van der Waals surface area contributed by atoms with Crippen molar-refractivity contribution in [2.24, 2.45) is 0 Å². The van der Waals surface area contributed by atoms with Crippen LogP contribution in [0.2, 0.25) is 5.02 Å². The number of halogens is 1. The van der Waals surface area contributed by atoms with Gasteiger partial charge in [0.1, 0.15) is 5.75 Å². The molecule has 0 spiro atoms. The Balaban J connectivity index is 1.62. The molecular weight excluding hydrogens is 320 g/mol. The molecule has 126 valence electrons. The molecule has 1 aromatic heterocycles. The Morgan fingerprint density at radius 2 is 1.96 bits per heavy atom. The molecule has 0 saturated carbocycles. The number of hydrogen-bond donors (Lipinski definition) is 1. The first-order valence-corrected chi connectivity index (χ1v) is 8.75. The van der Waals surface area contributed by atoms with E-state index >= 15 is 0 Å². The van der Waals surface area contributed by atoms with Crippen LogP contribution in [0, 0.1) is 0 Å². The Bertz CT molecular complexity index is 687. The number of pyridine rings is 1. The molecule has 4 heteroatoms. The predicted molar refractivity (Wildman–Crippen MR) is 98.6 cm³/mol. The molecule has 1 aromatic carbocycles. The van der Waals surface area contributed by atoms with Crippen LogP contribution in [0.3, 0.4) is 0 Å². The van der Waals surface area contributed by atoms with E-state index in [0.717, 1.165) is 31.6 Å². The summed E-state index contributed by atoms with van der Waals surface area (Å²) in [5.74, 6) is 1.26. The van der Waals surface area contributed by atoms with Crippen LogP contribution in [0.4, 0.5) is 0 Å². The minimum absolute atomic E-state index is 0.461. The molecule has 2 unspecified atom stereocenters. The van der Waals surface area contributed by atoms with Gasteiger partial charge in [-0.05, 0) is 60.6 Å². The van der Waals surface area contributed by atoms with Gasteiger partial charge in [0.25, 0.3) is 0 Å². The molecule has 0 aliphatic heterocycles. The Labute approximate surface area is 148 Å². The summed E-state index contributed by atoms with van der Waals surface area (Å²) in [6.07, 6.45) is 11.6. The van der Waals surface area contributed by atoms with Gasteiger partial charge >= 0.3 is 0 Å². The Kier molecular flexibility index (Phi) is 5.89. The molecular formula is C20H23ClN2O. The van der Waals surface area contributed by atoms with Crippen molar-refractivity contribution in [1.29, 1.82) is 0 Å². The zero-order valence-electron chi connectivity index (χ0n) is 13.9. The van der Waals surface area contributed by atoms with E-state index in [1.54, 1.807) is 7.11 Å². The SMILES string of the molecule is COc1ccc(CNC2CC=CCC(c3ccncc3)C2)cc1Cl. The van der Waals surface area contributed by atoms with Crippen molar-refractivity contribution >= 4 is 11.6 Å². The van der Waals surface area contributed by atoms with E-state index in [9.17, 15) is 0 Å². The normalized spacial score (nSPS) is 20.6. The Hall–Kier alpha value is -1.84. The summed E-state index contributed by atoms with van der Waals surface area (Å²) < 4.78 is 5.21. The fraction of sp³-hybridized carbons (Fsp3) is 0.350. The summed E-state index contributed by atoms with van der Waals surface area (Å²) in [6.45, 7) is 0.811. The van der Waals surface area contributed by atoms with Crippen LogP contribution >= 0.6 is 11.6 Å². The number of allylic oxidation sites excluding steroid dienone is 1. The lowest BCUT2D eigenvalue weighted by molar-refractivity contribution is 0.414. The smallest absolute Gasteiger partial charge is 0.137 e. The van der Waals surface area contributed by atoms with Gasteiger partial charge in [0.2, 0.25) is 0 Å². The summed E-state index contributed by atoms with van der Waals surface area (Å²) in [7, 11) is 1.64. The highest BCUT2D eigenvalue weighted by Crippen LogP contribution is 2.29. The Morgan fingerprint density at radius 1 is 1.17 bits per heavy atom. The van der Waals surface area contributed by atoms with Crippen LogP contribution in [0.15, 0.2) is 54.9 Å². The van der Waals surface area contributed by atoms with Crippen molar-refractivity contribution in [2.75, 3.05) is 7.11 Å². The number of nitrogens with zero attached hydrogens (tertiary/aromatic N) is 1. The molecule has 24 heavy (non-hydrogen) atoms. The quantitative estimate of drug-likeness (QED) is 0.798. The molecule has 0 saturated heterocycles. The van der Waals surface area contributed by atoms with Gasteiger partial charge in [-0.3, -0.25) is 4.98 Å². The first-order valence-electron chi connectivity index (χ1n) is 8.37. The van der Waals surface area contributed by atoms with E-state index in [0.29, 0.717) is 17.0 Å². The second kappa shape index (κ2) is 8.32. The fourth-order valence-electron chi connectivity index (χ4n) is 3.21. The van der Waals surface area contributed by atoms with Crippen molar-refractivity contribution in [1.82, 2.24) is 10.3 Å². The summed E-state index contributed by atoms with van der Waals surface area (Å²) in [5.41, 5.74) is 2.55. The van der Waals surface area contributed by atoms with E-state index < -0.39 is 0 Å². The van der Waals surface area contributed by atoms with Crippen molar-refractivity contribution in [3.8, 4) is 5.75 Å². The van der Waals surface area contributed by atoms with Gasteiger partial charge in [-0.1, -0.05) is 29.8 Å². The van der Waals surface area contributed by atoms with Crippen LogP contribution < -0.4 is 10.1 Å². The van der Waals surface area contributed by atoms with Crippen LogP contribution in [0.25, 0.3) is 0 Å². The standard InChI is InChI=1S/C20H23ClN2O/c1-24-20-7-6-15(12-19(20)21)14-23-18-5-3-2-4-17(13-18)16-8-10-22-11-9-16/h2-3,6-12,17-18,23H,4-5,13-14H2,1H3. The van der Waals surface area contributed by atoms with Crippen molar-refractivity contribution in [3.05, 3.63) is 71.0 Å². The van der Waals surface area contributed by atoms with E-state index in [-0.39, 0.29) is 0 Å². The maximum atomic E-state index is 6.21. The van der Waals surface area contributed by atoms with Crippen LogP contribution in [-0.2, 0) is 6.54 Å². The maximum absolute atomic E-state index is 6.21. The summed E-state index contributed by atoms with van der Waals surface area (Å²) >= 11 is 6.21. The van der Waals surface area contributed by atoms with E-state index in [1.165, 1.54) is 11.1 Å². The van der Waals surface area contributed by atoms with Crippen molar-refractivity contribution in [3.63, 3.8) is 0 Å². The largest absolute Gasteiger partial charge is 0.495 e. The third kappa shape index (κ3) is 4.37. The first kappa shape index (κ1) is 17.0. The molecule has 0 amide bonds. The number of rotatable bonds is 5. The van der Waals surface area contributed by atoms with Crippen molar-refractivity contribution < 1.29 is 4.74 Å². The highest BCUT2D eigenvalue weighted by atomic mass is 35.5. The van der Waals surface area contributed by atoms with Crippen LogP contribution in [0.5, 0.6) is 5.75 Å². The van der Waals surface area contributed by atoms with Gasteiger partial charge in [0.15, 0.2) is 0 Å². The maximum Gasteiger partial charge on any atom is 0.137 e. The molecule has 3 nitrogen and oxygen atoms in total. The lowest BCUT2D eigenvalue weighted by Crippen LogP contribution is -2.29. The number of ether oxygens (including phenoxy) is 1. The van der Waals surface area contributed by atoms with Gasteiger partial charge in [-0.15, -0.1) is 0 Å². The van der Waals surface area contributed by atoms with E-state index in [2.05, 4.69) is 40.7 Å². The van der Waals surface area contributed by atoms with Gasteiger partial charge < -0.3 is 10.1 Å². The van der Waals surface area contributed by atoms with Crippen LogP contribution in [-0.4, -0.2) is 18.1 Å². The molecule has 0 bridgehead atoms. The number of hydrogen-bond acceptors (Lipinski definition) is 3. The average Bonchev–Trinajstić information content (AvgIpc) is 2.86. The topological polar surface area (TPSA) is 34.1 Å². The second-order valence-electron chi connectivity index (χ2n) is 6.20. The molecule has 2 aromatic rings. The monoisotopic (exact) mass is 342 g/mol. The average molecular weight is 343 g/mol. The molecule has 0 fully saturated rings. The number of aromatic nitrogens is 1. The third-order valence-electron chi connectivity index (χ3n) is 4.57.